The Bertz CT molecular complexity index is 954. The van der Waals surface area contributed by atoms with Gasteiger partial charge in [-0.2, -0.15) is 0 Å². The highest BCUT2D eigenvalue weighted by Gasteiger charge is 2.24. The highest BCUT2D eigenvalue weighted by Crippen LogP contribution is 2.39. The molecule has 1 amide bonds. The fourth-order valence-electron chi connectivity index (χ4n) is 4.04. The van der Waals surface area contributed by atoms with Crippen LogP contribution < -0.4 is 4.90 Å². The maximum absolute atomic E-state index is 12.4. The zero-order valence-corrected chi connectivity index (χ0v) is 19.2. The molecule has 1 aromatic carbocycles. The van der Waals surface area contributed by atoms with E-state index in [-0.39, 0.29) is 5.91 Å². The van der Waals surface area contributed by atoms with Gasteiger partial charge in [-0.15, -0.1) is 11.3 Å². The van der Waals surface area contributed by atoms with Gasteiger partial charge in [-0.1, -0.05) is 68.5 Å². The summed E-state index contributed by atoms with van der Waals surface area (Å²) in [6.45, 7) is 10.5. The van der Waals surface area contributed by atoms with Crippen molar-refractivity contribution in [1.82, 2.24) is 4.98 Å². The van der Waals surface area contributed by atoms with E-state index in [1.165, 1.54) is 21.6 Å². The van der Waals surface area contributed by atoms with E-state index < -0.39 is 0 Å². The number of fused-ring (bicyclic) bond motifs is 3. The number of unbranched alkanes of at least 4 members (excludes halogenated alkanes) is 1. The SMILES string of the molecule is C=C/C=C(\C=C/C)C(C)CCCCN(C(C)=O)c1nc2c(s1)CCc1ccccc1-2. The van der Waals surface area contributed by atoms with Gasteiger partial charge in [0, 0.05) is 23.9 Å². The number of benzene rings is 1. The van der Waals surface area contributed by atoms with Crippen molar-refractivity contribution >= 4 is 22.4 Å². The number of carbonyl (C=O) groups is 1. The number of carbonyl (C=O) groups excluding carboxylic acids is 1. The predicted octanol–water partition coefficient (Wildman–Crippen LogP) is 6.76. The standard InChI is InChI=1S/C26H32N2OS/c1-5-11-21(12-6-2)19(3)13-9-10-18-28(20(4)29)26-27-25-23-15-8-7-14-22(23)16-17-24(25)30-26/h5-8,11-12,14-15,19H,1,9-10,13,16-18H2,2-4H3/b12-6-,21-11+. The quantitative estimate of drug-likeness (QED) is 0.332. The molecular weight excluding hydrogens is 388 g/mol. The minimum absolute atomic E-state index is 0.0728. The zero-order chi connectivity index (χ0) is 21.5. The van der Waals surface area contributed by atoms with Crippen molar-refractivity contribution in [3.63, 3.8) is 0 Å². The third kappa shape index (κ3) is 5.17. The summed E-state index contributed by atoms with van der Waals surface area (Å²) in [6, 6.07) is 8.49. The van der Waals surface area contributed by atoms with Gasteiger partial charge < -0.3 is 0 Å². The van der Waals surface area contributed by atoms with Crippen LogP contribution in [0, 0.1) is 5.92 Å². The highest BCUT2D eigenvalue weighted by molar-refractivity contribution is 7.16. The van der Waals surface area contributed by atoms with Gasteiger partial charge in [-0.05, 0) is 49.7 Å². The molecule has 1 aliphatic rings. The molecule has 0 N–H and O–H groups in total. The van der Waals surface area contributed by atoms with Crippen LogP contribution in [0.25, 0.3) is 11.3 Å². The minimum atomic E-state index is 0.0728. The molecule has 0 bridgehead atoms. The fraction of sp³-hybridized carbons (Fsp3) is 0.385. The summed E-state index contributed by atoms with van der Waals surface area (Å²) in [5, 5.41) is 0.846. The number of aromatic nitrogens is 1. The topological polar surface area (TPSA) is 33.2 Å². The molecule has 1 atom stereocenters. The number of amides is 1. The Labute approximate surface area is 184 Å². The molecule has 4 heteroatoms. The van der Waals surface area contributed by atoms with Gasteiger partial charge in [0.15, 0.2) is 5.13 Å². The van der Waals surface area contributed by atoms with Crippen molar-refractivity contribution in [2.45, 2.75) is 52.9 Å². The third-order valence-electron chi connectivity index (χ3n) is 5.70. The van der Waals surface area contributed by atoms with Crippen LogP contribution in [0.1, 0.15) is 50.5 Å². The summed E-state index contributed by atoms with van der Waals surface area (Å²) in [5.41, 5.74) is 4.96. The molecule has 0 saturated heterocycles. The molecule has 158 valence electrons. The van der Waals surface area contributed by atoms with Crippen LogP contribution in [0.3, 0.4) is 0 Å². The van der Waals surface area contributed by atoms with Crippen molar-refractivity contribution in [1.29, 1.82) is 0 Å². The molecule has 1 unspecified atom stereocenters. The summed E-state index contributed by atoms with van der Waals surface area (Å²) in [7, 11) is 0. The first-order chi connectivity index (χ1) is 14.5. The lowest BCUT2D eigenvalue weighted by molar-refractivity contribution is -0.116. The molecule has 3 nitrogen and oxygen atoms in total. The molecule has 1 aliphatic carbocycles. The average molecular weight is 421 g/mol. The molecule has 3 rings (SSSR count). The lowest BCUT2D eigenvalue weighted by atomic mass is 9.94. The van der Waals surface area contributed by atoms with E-state index in [1.807, 2.05) is 17.9 Å². The van der Waals surface area contributed by atoms with Crippen LogP contribution in [0.4, 0.5) is 5.13 Å². The summed E-state index contributed by atoms with van der Waals surface area (Å²) >= 11 is 1.68. The smallest absolute Gasteiger partial charge is 0.225 e. The number of anilines is 1. The van der Waals surface area contributed by atoms with Gasteiger partial charge in [0.25, 0.3) is 0 Å². The number of rotatable bonds is 9. The van der Waals surface area contributed by atoms with Gasteiger partial charge in [-0.3, -0.25) is 9.69 Å². The summed E-state index contributed by atoms with van der Waals surface area (Å²) in [6.07, 6.45) is 13.4. The van der Waals surface area contributed by atoms with Crippen LogP contribution in [0.15, 0.2) is 60.7 Å². The maximum Gasteiger partial charge on any atom is 0.225 e. The second-order valence-electron chi connectivity index (χ2n) is 7.90. The second-order valence-corrected chi connectivity index (χ2v) is 8.96. The van der Waals surface area contributed by atoms with Gasteiger partial charge >= 0.3 is 0 Å². The van der Waals surface area contributed by atoms with E-state index in [4.69, 9.17) is 4.98 Å². The Kier molecular flexibility index (Phi) is 7.81. The molecule has 1 aromatic heterocycles. The lowest BCUT2D eigenvalue weighted by Crippen LogP contribution is -2.29. The fourth-order valence-corrected chi connectivity index (χ4v) is 5.18. The lowest BCUT2D eigenvalue weighted by Gasteiger charge is -2.19. The van der Waals surface area contributed by atoms with Crippen LogP contribution in [0.5, 0.6) is 0 Å². The monoisotopic (exact) mass is 420 g/mol. The van der Waals surface area contributed by atoms with Crippen molar-refractivity contribution in [3.8, 4) is 11.3 Å². The van der Waals surface area contributed by atoms with E-state index in [0.717, 1.165) is 49.5 Å². The molecule has 0 fully saturated rings. The number of nitrogens with zero attached hydrogens (tertiary/aromatic N) is 2. The zero-order valence-electron chi connectivity index (χ0n) is 18.4. The molecule has 30 heavy (non-hydrogen) atoms. The van der Waals surface area contributed by atoms with Crippen molar-refractivity contribution < 1.29 is 4.79 Å². The molecule has 0 spiro atoms. The number of hydrogen-bond donors (Lipinski definition) is 0. The van der Waals surface area contributed by atoms with Gasteiger partial charge in [0.1, 0.15) is 0 Å². The first-order valence-electron chi connectivity index (χ1n) is 10.9. The first-order valence-corrected chi connectivity index (χ1v) is 11.7. The van der Waals surface area contributed by atoms with Crippen molar-refractivity contribution in [2.75, 3.05) is 11.4 Å². The largest absolute Gasteiger partial charge is 0.288 e. The molecular formula is C26H32N2OS. The minimum Gasteiger partial charge on any atom is -0.288 e. The summed E-state index contributed by atoms with van der Waals surface area (Å²) in [5.74, 6) is 0.553. The van der Waals surface area contributed by atoms with Crippen LogP contribution in [0.2, 0.25) is 0 Å². The second kappa shape index (κ2) is 10.5. The molecule has 0 radical (unpaired) electrons. The molecule has 0 saturated carbocycles. The van der Waals surface area contributed by atoms with Crippen molar-refractivity contribution in [3.05, 3.63) is 71.2 Å². The van der Waals surface area contributed by atoms with Gasteiger partial charge in [0.2, 0.25) is 5.91 Å². The predicted molar refractivity (Wildman–Crippen MR) is 129 cm³/mol. The molecule has 0 aliphatic heterocycles. The summed E-state index contributed by atoms with van der Waals surface area (Å²) in [4.78, 5) is 20.4. The van der Waals surface area contributed by atoms with E-state index in [2.05, 4.69) is 56.0 Å². The van der Waals surface area contributed by atoms with E-state index in [9.17, 15) is 4.79 Å². The van der Waals surface area contributed by atoms with Crippen LogP contribution in [-0.4, -0.2) is 17.4 Å². The van der Waals surface area contributed by atoms with E-state index >= 15 is 0 Å². The Balaban J connectivity index is 1.64. The van der Waals surface area contributed by atoms with Crippen LogP contribution >= 0.6 is 11.3 Å². The van der Waals surface area contributed by atoms with E-state index in [1.54, 1.807) is 18.3 Å². The van der Waals surface area contributed by atoms with Gasteiger partial charge in [0.05, 0.1) is 5.69 Å². The molecule has 1 heterocycles. The van der Waals surface area contributed by atoms with Crippen LogP contribution in [-0.2, 0) is 17.6 Å². The van der Waals surface area contributed by atoms with E-state index in [0.29, 0.717) is 5.92 Å². The Morgan fingerprint density at radius 3 is 2.83 bits per heavy atom. The number of hydrogen-bond acceptors (Lipinski definition) is 3. The van der Waals surface area contributed by atoms with Gasteiger partial charge in [-0.25, -0.2) is 4.98 Å². The normalized spacial score (nSPS) is 14.3. The highest BCUT2D eigenvalue weighted by atomic mass is 32.1. The number of aryl methyl sites for hydroxylation is 2. The first kappa shape index (κ1) is 22.2. The Morgan fingerprint density at radius 1 is 1.30 bits per heavy atom. The molecule has 2 aromatic rings. The maximum atomic E-state index is 12.4. The number of allylic oxidation sites excluding steroid dienone is 5. The number of thiazole rings is 1. The third-order valence-corrected chi connectivity index (χ3v) is 6.84. The Hall–Kier alpha value is -2.46. The van der Waals surface area contributed by atoms with Crippen molar-refractivity contribution in [2.24, 2.45) is 5.92 Å². The Morgan fingerprint density at radius 2 is 2.10 bits per heavy atom. The summed E-state index contributed by atoms with van der Waals surface area (Å²) < 4.78 is 0. The average Bonchev–Trinajstić information content (AvgIpc) is 3.17.